The van der Waals surface area contributed by atoms with Crippen LogP contribution in [0.25, 0.3) is 0 Å². The van der Waals surface area contributed by atoms with Crippen molar-refractivity contribution in [1.29, 1.82) is 0 Å². The molecule has 16 heavy (non-hydrogen) atoms. The minimum absolute atomic E-state index is 0.183. The Labute approximate surface area is 105 Å². The fourth-order valence-corrected chi connectivity index (χ4v) is 2.21. The average molecular weight is 285 g/mol. The van der Waals surface area contributed by atoms with Gasteiger partial charge in [-0.1, -0.05) is 60.1 Å². The number of rotatable bonds is 5. The maximum absolute atomic E-state index is 11.6. The third-order valence-corrected chi connectivity index (χ3v) is 2.91. The highest BCUT2D eigenvalue weighted by Gasteiger charge is 2.17. The molecule has 1 unspecified atom stereocenters. The molecule has 1 atom stereocenters. The second kappa shape index (κ2) is 6.69. The van der Waals surface area contributed by atoms with Gasteiger partial charge >= 0.3 is 5.97 Å². The van der Waals surface area contributed by atoms with Gasteiger partial charge in [-0.05, 0) is 17.9 Å². The number of carbonyl (C=O) groups excluding carboxylic acids is 1. The van der Waals surface area contributed by atoms with Crippen molar-refractivity contribution in [3.63, 3.8) is 0 Å². The second-order valence-corrected chi connectivity index (χ2v) is 5.30. The second-order valence-electron chi connectivity index (χ2n) is 4.19. The molecular formula is C13H17BrO2. The van der Waals surface area contributed by atoms with E-state index in [4.69, 9.17) is 4.74 Å². The lowest BCUT2D eigenvalue weighted by Gasteiger charge is -2.11. The van der Waals surface area contributed by atoms with Gasteiger partial charge in [0.1, 0.15) is 11.4 Å². The van der Waals surface area contributed by atoms with Gasteiger partial charge in [0, 0.05) is 0 Å². The molecule has 0 aliphatic rings. The summed E-state index contributed by atoms with van der Waals surface area (Å²) in [6, 6.07) is 9.70. The third kappa shape index (κ3) is 4.79. The van der Waals surface area contributed by atoms with Crippen LogP contribution in [-0.2, 0) is 16.1 Å². The molecule has 0 aliphatic heterocycles. The lowest BCUT2D eigenvalue weighted by Crippen LogP contribution is -2.19. The molecule has 88 valence electrons. The summed E-state index contributed by atoms with van der Waals surface area (Å²) in [5, 5.41) is 0. The Kier molecular flexibility index (Phi) is 5.53. The van der Waals surface area contributed by atoms with Crippen LogP contribution in [0.15, 0.2) is 30.3 Å². The summed E-state index contributed by atoms with van der Waals surface area (Å²) in [4.78, 5) is 11.4. The lowest BCUT2D eigenvalue weighted by molar-refractivity contribution is -0.144. The van der Waals surface area contributed by atoms with Crippen LogP contribution >= 0.6 is 15.9 Å². The number of ether oxygens (including phenoxy) is 1. The SMILES string of the molecule is CC(C)CC(Br)C(=O)OCc1ccccc1. The number of hydrogen-bond donors (Lipinski definition) is 0. The Morgan fingerprint density at radius 3 is 2.50 bits per heavy atom. The summed E-state index contributed by atoms with van der Waals surface area (Å²) in [5.74, 6) is 0.297. The molecule has 0 aliphatic carbocycles. The van der Waals surface area contributed by atoms with Gasteiger partial charge in [-0.3, -0.25) is 4.79 Å². The van der Waals surface area contributed by atoms with Crippen LogP contribution < -0.4 is 0 Å². The molecule has 0 N–H and O–H groups in total. The Bertz CT molecular complexity index is 322. The minimum atomic E-state index is -0.198. The van der Waals surface area contributed by atoms with Crippen LogP contribution in [0.5, 0.6) is 0 Å². The van der Waals surface area contributed by atoms with Crippen molar-refractivity contribution in [2.24, 2.45) is 5.92 Å². The molecule has 2 nitrogen and oxygen atoms in total. The maximum atomic E-state index is 11.6. The first-order valence-corrected chi connectivity index (χ1v) is 6.35. The number of hydrogen-bond acceptors (Lipinski definition) is 2. The Balaban J connectivity index is 2.35. The molecule has 0 fully saturated rings. The summed E-state index contributed by atoms with van der Waals surface area (Å²) in [6.07, 6.45) is 0.799. The van der Waals surface area contributed by atoms with E-state index in [1.54, 1.807) is 0 Å². The van der Waals surface area contributed by atoms with E-state index < -0.39 is 0 Å². The molecule has 0 bridgehead atoms. The van der Waals surface area contributed by atoms with E-state index in [1.807, 2.05) is 30.3 Å². The fourth-order valence-electron chi connectivity index (χ4n) is 1.33. The highest BCUT2D eigenvalue weighted by molar-refractivity contribution is 9.10. The van der Waals surface area contributed by atoms with Crippen molar-refractivity contribution in [2.45, 2.75) is 31.7 Å². The number of esters is 1. The highest BCUT2D eigenvalue weighted by Crippen LogP contribution is 2.15. The summed E-state index contributed by atoms with van der Waals surface area (Å²) in [7, 11) is 0. The summed E-state index contributed by atoms with van der Waals surface area (Å²) in [6.45, 7) is 4.51. The zero-order chi connectivity index (χ0) is 12.0. The Morgan fingerprint density at radius 2 is 1.94 bits per heavy atom. The smallest absolute Gasteiger partial charge is 0.320 e. The van der Waals surface area contributed by atoms with E-state index in [-0.39, 0.29) is 10.8 Å². The van der Waals surface area contributed by atoms with Crippen molar-refractivity contribution in [1.82, 2.24) is 0 Å². The average Bonchev–Trinajstić information content (AvgIpc) is 2.26. The zero-order valence-corrected chi connectivity index (χ0v) is 11.2. The van der Waals surface area contributed by atoms with Gasteiger partial charge in [0.05, 0.1) is 0 Å². The largest absolute Gasteiger partial charge is 0.460 e. The molecule has 0 aromatic heterocycles. The number of alkyl halides is 1. The first-order valence-electron chi connectivity index (χ1n) is 5.44. The van der Waals surface area contributed by atoms with Gasteiger partial charge in [0.25, 0.3) is 0 Å². The van der Waals surface area contributed by atoms with Crippen molar-refractivity contribution >= 4 is 21.9 Å². The van der Waals surface area contributed by atoms with Crippen molar-refractivity contribution in [3.8, 4) is 0 Å². The van der Waals surface area contributed by atoms with Gasteiger partial charge in [-0.25, -0.2) is 0 Å². The molecule has 0 amide bonds. The van der Waals surface area contributed by atoms with Crippen molar-refractivity contribution in [2.75, 3.05) is 0 Å². The van der Waals surface area contributed by atoms with E-state index in [1.165, 1.54) is 0 Å². The van der Waals surface area contributed by atoms with Gasteiger partial charge < -0.3 is 4.74 Å². The van der Waals surface area contributed by atoms with Gasteiger partial charge in [0.2, 0.25) is 0 Å². The normalized spacial score (nSPS) is 12.5. The van der Waals surface area contributed by atoms with Crippen LogP contribution in [0.4, 0.5) is 0 Å². The third-order valence-electron chi connectivity index (χ3n) is 2.16. The Morgan fingerprint density at radius 1 is 1.31 bits per heavy atom. The molecule has 1 aromatic carbocycles. The van der Waals surface area contributed by atoms with E-state index in [0.717, 1.165) is 12.0 Å². The van der Waals surface area contributed by atoms with E-state index in [2.05, 4.69) is 29.8 Å². The highest BCUT2D eigenvalue weighted by atomic mass is 79.9. The van der Waals surface area contributed by atoms with Crippen molar-refractivity contribution in [3.05, 3.63) is 35.9 Å². The van der Waals surface area contributed by atoms with Crippen LogP contribution in [0.3, 0.4) is 0 Å². The van der Waals surface area contributed by atoms with Crippen LogP contribution in [-0.4, -0.2) is 10.8 Å². The standard InChI is InChI=1S/C13H17BrO2/c1-10(2)8-12(14)13(15)16-9-11-6-4-3-5-7-11/h3-7,10,12H,8-9H2,1-2H3. The summed E-state index contributed by atoms with van der Waals surface area (Å²) < 4.78 is 5.20. The lowest BCUT2D eigenvalue weighted by atomic mass is 10.1. The molecule has 1 rings (SSSR count). The zero-order valence-electron chi connectivity index (χ0n) is 9.65. The quantitative estimate of drug-likeness (QED) is 0.611. The fraction of sp³-hybridized carbons (Fsp3) is 0.462. The summed E-state index contributed by atoms with van der Waals surface area (Å²) in [5.41, 5.74) is 1.01. The Hall–Kier alpha value is -0.830. The molecule has 0 radical (unpaired) electrons. The predicted octanol–water partition coefficient (Wildman–Crippen LogP) is 3.54. The van der Waals surface area contributed by atoms with Gasteiger partial charge in [-0.15, -0.1) is 0 Å². The predicted molar refractivity (Wildman–Crippen MR) is 68.4 cm³/mol. The monoisotopic (exact) mass is 284 g/mol. The van der Waals surface area contributed by atoms with Gasteiger partial charge in [-0.2, -0.15) is 0 Å². The molecule has 1 aromatic rings. The molecule has 0 saturated heterocycles. The first-order chi connectivity index (χ1) is 7.59. The molecular weight excluding hydrogens is 268 g/mol. The van der Waals surface area contributed by atoms with Crippen LogP contribution in [0, 0.1) is 5.92 Å². The molecule has 0 heterocycles. The van der Waals surface area contributed by atoms with E-state index >= 15 is 0 Å². The van der Waals surface area contributed by atoms with Crippen LogP contribution in [0.2, 0.25) is 0 Å². The minimum Gasteiger partial charge on any atom is -0.460 e. The molecule has 0 saturated carbocycles. The van der Waals surface area contributed by atoms with E-state index in [9.17, 15) is 4.79 Å². The molecule has 3 heteroatoms. The van der Waals surface area contributed by atoms with Gasteiger partial charge in [0.15, 0.2) is 0 Å². The topological polar surface area (TPSA) is 26.3 Å². The number of carbonyl (C=O) groups is 1. The summed E-state index contributed by atoms with van der Waals surface area (Å²) >= 11 is 3.34. The van der Waals surface area contributed by atoms with Crippen molar-refractivity contribution < 1.29 is 9.53 Å². The first kappa shape index (κ1) is 13.2. The van der Waals surface area contributed by atoms with Crippen LogP contribution in [0.1, 0.15) is 25.8 Å². The number of halogens is 1. The maximum Gasteiger partial charge on any atom is 0.320 e. The number of benzene rings is 1. The van der Waals surface area contributed by atoms with E-state index in [0.29, 0.717) is 12.5 Å². The molecule has 0 spiro atoms.